The van der Waals surface area contributed by atoms with Gasteiger partial charge >= 0.3 is 0 Å². The quantitative estimate of drug-likeness (QED) is 0.823. The summed E-state index contributed by atoms with van der Waals surface area (Å²) in [6, 6.07) is 4.75. The topological polar surface area (TPSA) is 73.4 Å². The van der Waals surface area contributed by atoms with Gasteiger partial charge in [-0.2, -0.15) is 0 Å². The number of hydrogen-bond donors (Lipinski definition) is 1. The second-order valence-corrected chi connectivity index (χ2v) is 7.34. The van der Waals surface area contributed by atoms with Gasteiger partial charge in [0.15, 0.2) is 11.5 Å². The molecule has 5 atom stereocenters. The maximum atomic E-state index is 10.6. The number of benzene rings is 1. The Hall–Kier alpha value is -1.56. The summed E-state index contributed by atoms with van der Waals surface area (Å²) < 4.78 is 12.2. The molecule has 2 bridgehead atoms. The van der Waals surface area contributed by atoms with Gasteiger partial charge in [0, 0.05) is 22.9 Å². The zero-order chi connectivity index (χ0) is 15.8. The minimum absolute atomic E-state index is 0. The van der Waals surface area contributed by atoms with Crippen LogP contribution in [0.25, 0.3) is 0 Å². The molecule has 2 heterocycles. The van der Waals surface area contributed by atoms with Gasteiger partial charge in [0.1, 0.15) is 12.2 Å². The number of aliphatic hydroxyl groups is 1. The molecular weight excluding hydrogens is 306 g/mol. The van der Waals surface area contributed by atoms with E-state index < -0.39 is 6.10 Å². The lowest BCUT2D eigenvalue weighted by Gasteiger charge is -2.56. The van der Waals surface area contributed by atoms with Gasteiger partial charge in [-0.3, -0.25) is 0 Å². The second-order valence-electron chi connectivity index (χ2n) is 7.34. The first kappa shape index (κ1) is 15.9. The van der Waals surface area contributed by atoms with Gasteiger partial charge in [0.05, 0.1) is 6.61 Å². The van der Waals surface area contributed by atoms with Crippen LogP contribution in [0.15, 0.2) is 24.3 Å². The highest BCUT2D eigenvalue weighted by Crippen LogP contribution is 2.62. The summed E-state index contributed by atoms with van der Waals surface area (Å²) in [5.74, 6) is 2.14. The third-order valence-corrected chi connectivity index (χ3v) is 6.43. The third kappa shape index (κ3) is 1.70. The summed E-state index contributed by atoms with van der Waals surface area (Å²) in [7, 11) is 2.22. The van der Waals surface area contributed by atoms with Crippen LogP contribution in [0.1, 0.15) is 24.5 Å². The summed E-state index contributed by atoms with van der Waals surface area (Å²) in [6.45, 7) is 3.68. The van der Waals surface area contributed by atoms with Gasteiger partial charge in [0.2, 0.25) is 0 Å². The van der Waals surface area contributed by atoms with E-state index in [1.807, 2.05) is 19.1 Å². The molecule has 0 aromatic heterocycles. The molecule has 5 rings (SSSR count). The zero-order valence-electron chi connectivity index (χ0n) is 14.2. The lowest BCUT2D eigenvalue weighted by atomic mass is 9.53. The van der Waals surface area contributed by atoms with E-state index in [0.717, 1.165) is 30.9 Å². The Balaban J connectivity index is 0.00000146. The molecule has 1 aromatic rings. The molecule has 2 aliphatic carbocycles. The van der Waals surface area contributed by atoms with Crippen LogP contribution in [0.2, 0.25) is 0 Å². The molecule has 0 saturated carbocycles. The molecule has 1 spiro atoms. The summed E-state index contributed by atoms with van der Waals surface area (Å²) in [5, 5.41) is 10.6. The van der Waals surface area contributed by atoms with Gasteiger partial charge < -0.3 is 25.0 Å². The Labute approximate surface area is 142 Å². The number of hydrogen-bond acceptors (Lipinski definition) is 4. The normalized spacial score (nSPS) is 38.1. The van der Waals surface area contributed by atoms with Gasteiger partial charge in [-0.1, -0.05) is 18.2 Å². The molecule has 2 aliphatic heterocycles. The number of rotatable bonds is 2. The molecule has 0 unspecified atom stereocenters. The van der Waals surface area contributed by atoms with Crippen molar-refractivity contribution in [2.75, 3.05) is 20.2 Å². The minimum atomic E-state index is -0.539. The number of piperidine rings is 1. The summed E-state index contributed by atoms with van der Waals surface area (Å²) >= 11 is 0. The van der Waals surface area contributed by atoms with Gasteiger partial charge in [0.25, 0.3) is 0 Å². The van der Waals surface area contributed by atoms with E-state index in [2.05, 4.69) is 24.1 Å². The lowest BCUT2D eigenvalue weighted by molar-refractivity contribution is -0.0453. The molecule has 5 heteroatoms. The van der Waals surface area contributed by atoms with Crippen LogP contribution in [0, 0.1) is 5.92 Å². The molecule has 0 radical (unpaired) electrons. The first-order valence-electron chi connectivity index (χ1n) is 8.69. The molecule has 24 heavy (non-hydrogen) atoms. The van der Waals surface area contributed by atoms with Crippen molar-refractivity contribution in [1.29, 1.82) is 0 Å². The summed E-state index contributed by atoms with van der Waals surface area (Å²) in [5.41, 5.74) is 2.62. The van der Waals surface area contributed by atoms with Gasteiger partial charge in [-0.25, -0.2) is 0 Å². The summed E-state index contributed by atoms with van der Waals surface area (Å²) in [4.78, 5) is 2.48. The van der Waals surface area contributed by atoms with E-state index in [1.165, 1.54) is 11.1 Å². The number of likely N-dealkylation sites (tertiary alicyclic amines) is 1. The zero-order valence-corrected chi connectivity index (χ0v) is 14.2. The van der Waals surface area contributed by atoms with Crippen molar-refractivity contribution in [3.05, 3.63) is 35.4 Å². The third-order valence-electron chi connectivity index (χ3n) is 6.43. The monoisotopic (exact) mass is 331 g/mol. The minimum Gasteiger partial charge on any atom is -0.490 e. The van der Waals surface area contributed by atoms with E-state index in [0.29, 0.717) is 18.6 Å². The highest BCUT2D eigenvalue weighted by Gasteiger charge is 2.64. The largest absolute Gasteiger partial charge is 0.490 e. The van der Waals surface area contributed by atoms with Gasteiger partial charge in [-0.15, -0.1) is 0 Å². The van der Waals surface area contributed by atoms with Crippen molar-refractivity contribution >= 4 is 0 Å². The average molecular weight is 331 g/mol. The van der Waals surface area contributed by atoms with Crippen molar-refractivity contribution in [3.63, 3.8) is 0 Å². The molecule has 130 valence electrons. The maximum Gasteiger partial charge on any atom is 0.165 e. The number of ether oxygens (including phenoxy) is 2. The fraction of sp³-hybridized carbons (Fsp3) is 0.579. The predicted octanol–water partition coefficient (Wildman–Crippen LogP) is 1.07. The highest BCUT2D eigenvalue weighted by molar-refractivity contribution is 5.62. The van der Waals surface area contributed by atoms with Crippen LogP contribution in [-0.2, 0) is 11.8 Å². The van der Waals surface area contributed by atoms with Crippen molar-refractivity contribution in [2.24, 2.45) is 5.92 Å². The van der Waals surface area contributed by atoms with E-state index in [9.17, 15) is 5.11 Å². The number of nitrogens with zero attached hydrogens (tertiary/aromatic N) is 1. The lowest BCUT2D eigenvalue weighted by Crippen LogP contribution is -2.64. The van der Waals surface area contributed by atoms with Crippen LogP contribution < -0.4 is 9.47 Å². The van der Waals surface area contributed by atoms with E-state index in [-0.39, 0.29) is 17.0 Å². The van der Waals surface area contributed by atoms with Crippen molar-refractivity contribution < 1.29 is 20.1 Å². The van der Waals surface area contributed by atoms with Crippen molar-refractivity contribution in [3.8, 4) is 11.5 Å². The highest BCUT2D eigenvalue weighted by atomic mass is 16.5. The molecule has 1 aromatic carbocycles. The second kappa shape index (κ2) is 5.22. The van der Waals surface area contributed by atoms with E-state index in [4.69, 9.17) is 9.47 Å². The molecular formula is C19H25NO4. The number of likely N-dealkylation sites (N-methyl/N-ethyl adjacent to an activating group) is 1. The van der Waals surface area contributed by atoms with Crippen LogP contribution >= 0.6 is 0 Å². The smallest absolute Gasteiger partial charge is 0.165 e. The van der Waals surface area contributed by atoms with Gasteiger partial charge in [-0.05, 0) is 45.0 Å². The molecule has 1 saturated heterocycles. The van der Waals surface area contributed by atoms with Crippen LogP contribution in [0.5, 0.6) is 11.5 Å². The Morgan fingerprint density at radius 1 is 1.38 bits per heavy atom. The number of aliphatic hydroxyl groups excluding tert-OH is 1. The van der Waals surface area contributed by atoms with Crippen molar-refractivity contribution in [1.82, 2.24) is 4.90 Å². The van der Waals surface area contributed by atoms with E-state index >= 15 is 0 Å². The Kier molecular flexibility index (Phi) is 3.46. The summed E-state index contributed by atoms with van der Waals surface area (Å²) in [6.07, 6.45) is 5.56. The van der Waals surface area contributed by atoms with Crippen LogP contribution in [0.3, 0.4) is 0 Å². The molecule has 4 aliphatic rings. The SMILES string of the molecule is CCOc1ccc2c3c1O[C@H]1[C@@H](O)C=C[C@H]4[C@@H](C2)N(C)CC[C@@]341.O. The molecule has 5 nitrogen and oxygen atoms in total. The Morgan fingerprint density at radius 3 is 3.00 bits per heavy atom. The Bertz CT molecular complexity index is 703. The first-order valence-corrected chi connectivity index (χ1v) is 8.69. The average Bonchev–Trinajstić information content (AvgIpc) is 2.90. The molecule has 0 amide bonds. The Morgan fingerprint density at radius 2 is 2.21 bits per heavy atom. The predicted molar refractivity (Wildman–Crippen MR) is 90.7 cm³/mol. The van der Waals surface area contributed by atoms with E-state index in [1.54, 1.807) is 0 Å². The fourth-order valence-corrected chi connectivity index (χ4v) is 5.50. The van der Waals surface area contributed by atoms with Crippen LogP contribution in [0.4, 0.5) is 0 Å². The molecule has 1 fully saturated rings. The first-order chi connectivity index (χ1) is 11.2. The fourth-order valence-electron chi connectivity index (χ4n) is 5.50. The van der Waals surface area contributed by atoms with Crippen LogP contribution in [-0.4, -0.2) is 53.9 Å². The standard InChI is InChI=1S/C19H23NO3.H2O/c1-3-22-15-7-4-11-10-13-12-5-6-14(21)18-19(12,8-9-20(13)2)16(11)17(15)23-18;/h4-7,12-14,18,21H,3,8-10H2,1-2H3;1H2/t12-,13+,14-,18-,19-;/m0./s1. The molecule has 3 N–H and O–H groups in total. The van der Waals surface area contributed by atoms with Crippen molar-refractivity contribution in [2.45, 2.75) is 43.4 Å². The maximum absolute atomic E-state index is 10.6.